The second-order valence-electron chi connectivity index (χ2n) is 4.71. The molecule has 112 valence electrons. The van der Waals surface area contributed by atoms with Crippen molar-refractivity contribution in [2.75, 3.05) is 27.7 Å². The minimum atomic E-state index is -5.98. The van der Waals surface area contributed by atoms with Crippen LogP contribution in [0.1, 0.15) is 19.8 Å². The fourth-order valence-corrected chi connectivity index (χ4v) is 0.970. The minimum Gasteiger partial charge on any atom is -0.331 e. The summed E-state index contributed by atoms with van der Waals surface area (Å²) in [5.41, 5.74) is 0. The maximum Gasteiger partial charge on any atom is 0.428 e. The number of unbranched alkanes of at least 4 members (excludes halogenated alkanes) is 1. The lowest BCUT2D eigenvalue weighted by molar-refractivity contribution is -0.870. The normalized spacial score (nSPS) is 13.2. The first-order valence-corrected chi connectivity index (χ1v) is 6.63. The minimum absolute atomic E-state index is 1.10. The summed E-state index contributed by atoms with van der Waals surface area (Å²) in [6.45, 7) is 3.53. The third-order valence-electron chi connectivity index (χ3n) is 1.78. The van der Waals surface area contributed by atoms with Crippen LogP contribution in [-0.2, 0) is 10.1 Å². The van der Waals surface area contributed by atoms with E-state index in [1.807, 2.05) is 0 Å². The Balaban J connectivity index is 0. The molecule has 0 aliphatic heterocycles. The average Bonchev–Trinajstić information content (AvgIpc) is 2.12. The van der Waals surface area contributed by atoms with Crippen molar-refractivity contribution in [3.8, 4) is 0 Å². The molecule has 0 aromatic carbocycles. The fraction of sp³-hybridized carbons (Fsp3) is 1.00. The predicted molar refractivity (Wildman–Crippen MR) is 60.3 cm³/mol. The summed E-state index contributed by atoms with van der Waals surface area (Å²) < 4.78 is 72.4. The Kier molecular flexibility index (Phi) is 8.02. The van der Waals surface area contributed by atoms with Gasteiger partial charge in [0.05, 0.1) is 27.7 Å². The van der Waals surface area contributed by atoms with E-state index in [1.165, 1.54) is 19.4 Å². The van der Waals surface area contributed by atoms with Gasteiger partial charge in [-0.3, -0.25) is 4.55 Å². The topological polar surface area (TPSA) is 54.4 Å². The Morgan fingerprint density at radius 2 is 1.61 bits per heavy atom. The molecule has 18 heavy (non-hydrogen) atoms. The van der Waals surface area contributed by atoms with E-state index in [0.717, 1.165) is 4.48 Å². The molecule has 1 N–H and O–H groups in total. The molecule has 0 fully saturated rings. The standard InChI is InChI=1S/C7H18N.C2H2F4O3S/c1-5-6-7-8(2,3)4;3-1(4)2(5,6)10(7,8)9/h5-7H2,1-4H3;1H,(H,7,8,9)/q+1;. The lowest BCUT2D eigenvalue weighted by Crippen LogP contribution is -2.35. The van der Waals surface area contributed by atoms with Crippen LogP contribution in [0.4, 0.5) is 17.6 Å². The summed E-state index contributed by atoms with van der Waals surface area (Å²) in [6, 6.07) is 0. The number of hydrogen-bond acceptors (Lipinski definition) is 2. The maximum atomic E-state index is 11.5. The lowest BCUT2D eigenvalue weighted by atomic mass is 10.3. The quantitative estimate of drug-likeness (QED) is 0.481. The summed E-state index contributed by atoms with van der Waals surface area (Å²) in [5.74, 6) is 0. The van der Waals surface area contributed by atoms with E-state index in [2.05, 4.69) is 28.1 Å². The monoisotopic (exact) mass is 298 g/mol. The summed E-state index contributed by atoms with van der Waals surface area (Å²) in [5, 5.41) is -5.37. The van der Waals surface area contributed by atoms with Gasteiger partial charge in [0.25, 0.3) is 0 Å². The van der Waals surface area contributed by atoms with E-state index >= 15 is 0 Å². The van der Waals surface area contributed by atoms with Crippen molar-refractivity contribution < 1.29 is 35.0 Å². The van der Waals surface area contributed by atoms with E-state index in [-0.39, 0.29) is 0 Å². The van der Waals surface area contributed by atoms with Crippen LogP contribution in [0.2, 0.25) is 0 Å². The Morgan fingerprint density at radius 1 is 1.22 bits per heavy atom. The molecule has 0 amide bonds. The van der Waals surface area contributed by atoms with Gasteiger partial charge in [-0.05, 0) is 6.42 Å². The number of alkyl halides is 4. The second kappa shape index (κ2) is 7.25. The highest BCUT2D eigenvalue weighted by atomic mass is 32.2. The van der Waals surface area contributed by atoms with Crippen LogP contribution < -0.4 is 0 Å². The SMILES string of the molecule is CCCC[N+](C)(C)C.O=S(=O)(O)C(F)(F)C(F)F. The van der Waals surface area contributed by atoms with E-state index in [0.29, 0.717) is 0 Å². The van der Waals surface area contributed by atoms with Gasteiger partial charge in [-0.2, -0.15) is 17.2 Å². The summed E-state index contributed by atoms with van der Waals surface area (Å²) in [7, 11) is 0.710. The molecule has 0 bridgehead atoms. The zero-order chi connectivity index (χ0) is 15.2. The van der Waals surface area contributed by atoms with Gasteiger partial charge in [0.1, 0.15) is 0 Å². The van der Waals surface area contributed by atoms with Crippen molar-refractivity contribution in [3.63, 3.8) is 0 Å². The molecule has 0 radical (unpaired) electrons. The van der Waals surface area contributed by atoms with Gasteiger partial charge in [-0.15, -0.1) is 0 Å². The first-order chi connectivity index (χ1) is 7.75. The van der Waals surface area contributed by atoms with Crippen molar-refractivity contribution in [2.45, 2.75) is 31.4 Å². The number of rotatable bonds is 5. The van der Waals surface area contributed by atoms with Crippen molar-refractivity contribution >= 4 is 10.1 Å². The van der Waals surface area contributed by atoms with Crippen LogP contribution in [0.25, 0.3) is 0 Å². The first kappa shape index (κ1) is 19.9. The molecular formula is C9H20F4NO3S+. The average molecular weight is 298 g/mol. The third kappa shape index (κ3) is 8.65. The van der Waals surface area contributed by atoms with E-state index in [1.54, 1.807) is 0 Å². The van der Waals surface area contributed by atoms with Crippen LogP contribution >= 0.6 is 0 Å². The molecule has 9 heteroatoms. The molecule has 0 aliphatic carbocycles. The molecule has 0 atom stereocenters. The van der Waals surface area contributed by atoms with Crippen LogP contribution in [0.5, 0.6) is 0 Å². The highest BCUT2D eigenvalue weighted by molar-refractivity contribution is 7.86. The summed E-state index contributed by atoms with van der Waals surface area (Å²) >= 11 is 0. The Labute approximate surface area is 105 Å². The van der Waals surface area contributed by atoms with Crippen LogP contribution in [0.15, 0.2) is 0 Å². The Bertz CT molecular complexity index is 325. The zero-order valence-electron chi connectivity index (χ0n) is 10.8. The molecule has 0 aliphatic rings. The van der Waals surface area contributed by atoms with Crippen LogP contribution in [-0.4, -0.2) is 56.8 Å². The van der Waals surface area contributed by atoms with Gasteiger partial charge in [-0.25, -0.2) is 8.78 Å². The first-order valence-electron chi connectivity index (χ1n) is 5.19. The molecule has 0 saturated heterocycles. The highest BCUT2D eigenvalue weighted by Gasteiger charge is 2.53. The van der Waals surface area contributed by atoms with Gasteiger partial charge in [0.15, 0.2) is 0 Å². The van der Waals surface area contributed by atoms with Crippen LogP contribution in [0.3, 0.4) is 0 Å². The number of hydrogen-bond donors (Lipinski definition) is 1. The van der Waals surface area contributed by atoms with E-state index < -0.39 is 21.8 Å². The van der Waals surface area contributed by atoms with Gasteiger partial charge >= 0.3 is 21.8 Å². The molecule has 0 rings (SSSR count). The number of quaternary nitrogens is 1. The van der Waals surface area contributed by atoms with E-state index in [9.17, 15) is 26.0 Å². The van der Waals surface area contributed by atoms with Crippen molar-refractivity contribution in [3.05, 3.63) is 0 Å². The molecule has 0 aromatic heterocycles. The summed E-state index contributed by atoms with van der Waals surface area (Å²) in [6.07, 6.45) is -1.75. The van der Waals surface area contributed by atoms with Crippen LogP contribution in [0, 0.1) is 0 Å². The number of nitrogens with zero attached hydrogens (tertiary/aromatic N) is 1. The Hall–Kier alpha value is -0.410. The Morgan fingerprint density at radius 3 is 1.67 bits per heavy atom. The molecule has 0 aromatic rings. The summed E-state index contributed by atoms with van der Waals surface area (Å²) in [4.78, 5) is 0. The zero-order valence-corrected chi connectivity index (χ0v) is 11.6. The van der Waals surface area contributed by atoms with Crippen molar-refractivity contribution in [2.24, 2.45) is 0 Å². The molecule has 0 unspecified atom stereocenters. The molecule has 0 spiro atoms. The second-order valence-corrected chi connectivity index (χ2v) is 6.20. The number of halogens is 4. The van der Waals surface area contributed by atoms with Crippen molar-refractivity contribution in [1.82, 2.24) is 0 Å². The van der Waals surface area contributed by atoms with Gasteiger partial charge in [-0.1, -0.05) is 13.3 Å². The maximum absolute atomic E-state index is 11.5. The fourth-order valence-electron chi connectivity index (χ4n) is 0.745. The highest BCUT2D eigenvalue weighted by Crippen LogP contribution is 2.27. The molecule has 4 nitrogen and oxygen atoms in total. The third-order valence-corrected chi connectivity index (χ3v) is 2.65. The smallest absolute Gasteiger partial charge is 0.331 e. The van der Waals surface area contributed by atoms with Gasteiger partial charge in [0.2, 0.25) is 0 Å². The van der Waals surface area contributed by atoms with Crippen molar-refractivity contribution in [1.29, 1.82) is 0 Å². The van der Waals surface area contributed by atoms with E-state index in [4.69, 9.17) is 4.55 Å². The lowest BCUT2D eigenvalue weighted by Gasteiger charge is -2.23. The largest absolute Gasteiger partial charge is 0.428 e. The predicted octanol–water partition coefficient (Wildman–Crippen LogP) is 2.22. The molecule has 0 heterocycles. The molecule has 0 saturated carbocycles. The van der Waals surface area contributed by atoms with Gasteiger partial charge in [0, 0.05) is 0 Å². The molecular weight excluding hydrogens is 278 g/mol. The van der Waals surface area contributed by atoms with Gasteiger partial charge < -0.3 is 4.48 Å².